The molecule has 0 unspecified atom stereocenters. The Bertz CT molecular complexity index is 577. The van der Waals surface area contributed by atoms with Gasteiger partial charge < -0.3 is 14.8 Å². The average Bonchev–Trinajstić information content (AvgIpc) is 2.60. The van der Waals surface area contributed by atoms with Crippen molar-refractivity contribution in [3.05, 3.63) is 28.2 Å². The third-order valence-electron chi connectivity index (χ3n) is 4.82. The summed E-state index contributed by atoms with van der Waals surface area (Å²) < 4.78 is 12.1. The zero-order chi connectivity index (χ0) is 19.0. The highest BCUT2D eigenvalue weighted by atomic mass is 79.9. The van der Waals surface area contributed by atoms with Crippen molar-refractivity contribution in [3.8, 4) is 5.75 Å². The highest BCUT2D eigenvalue weighted by Gasteiger charge is 2.15. The van der Waals surface area contributed by atoms with Gasteiger partial charge in [-0.2, -0.15) is 0 Å². The van der Waals surface area contributed by atoms with Gasteiger partial charge in [-0.3, -0.25) is 4.79 Å². The number of halogens is 1. The van der Waals surface area contributed by atoms with E-state index in [4.69, 9.17) is 9.47 Å². The highest BCUT2D eigenvalue weighted by Crippen LogP contribution is 2.31. The summed E-state index contributed by atoms with van der Waals surface area (Å²) >= 11 is 3.58. The zero-order valence-electron chi connectivity index (χ0n) is 16.3. The molecule has 0 bridgehead atoms. The molecule has 1 aromatic rings. The molecular weight excluding hydrogens is 394 g/mol. The second-order valence-corrected chi connectivity index (χ2v) is 8.90. The van der Waals surface area contributed by atoms with Gasteiger partial charge in [-0.25, -0.2) is 0 Å². The van der Waals surface area contributed by atoms with Gasteiger partial charge in [0.05, 0.1) is 11.1 Å². The average molecular weight is 426 g/mol. The molecule has 1 aliphatic rings. The molecule has 1 saturated heterocycles. The van der Waals surface area contributed by atoms with Crippen molar-refractivity contribution in [2.75, 3.05) is 26.4 Å². The molecule has 0 aliphatic carbocycles. The SMILES string of the molecule is CC(C)(C)c1ccc(OCCCC(=O)NCCC2CCOCC2)c(Br)c1. The smallest absolute Gasteiger partial charge is 0.220 e. The standard InChI is InChI=1S/C21H32BrNO3/c1-21(2,3)17-6-7-19(18(22)15-17)26-12-4-5-20(24)23-11-8-16-9-13-25-14-10-16/h6-7,15-16H,4-5,8-14H2,1-3H3,(H,23,24). The van der Waals surface area contributed by atoms with Crippen LogP contribution in [0.25, 0.3) is 0 Å². The van der Waals surface area contributed by atoms with E-state index in [0.717, 1.165) is 55.7 Å². The summed E-state index contributed by atoms with van der Waals surface area (Å²) in [5.41, 5.74) is 1.38. The fourth-order valence-corrected chi connectivity index (χ4v) is 3.53. The van der Waals surface area contributed by atoms with Crippen molar-refractivity contribution in [2.45, 2.75) is 58.3 Å². The Balaban J connectivity index is 1.61. The van der Waals surface area contributed by atoms with Crippen molar-refractivity contribution < 1.29 is 14.3 Å². The van der Waals surface area contributed by atoms with Gasteiger partial charge in [0.15, 0.2) is 0 Å². The molecule has 2 rings (SSSR count). The van der Waals surface area contributed by atoms with E-state index in [9.17, 15) is 4.79 Å². The van der Waals surface area contributed by atoms with Crippen LogP contribution >= 0.6 is 15.9 Å². The van der Waals surface area contributed by atoms with Gasteiger partial charge in [-0.15, -0.1) is 0 Å². The van der Waals surface area contributed by atoms with E-state index in [1.165, 1.54) is 5.56 Å². The van der Waals surface area contributed by atoms with E-state index in [0.29, 0.717) is 18.9 Å². The summed E-state index contributed by atoms with van der Waals surface area (Å²) in [6.07, 6.45) is 4.51. The number of carbonyl (C=O) groups excluding carboxylic acids is 1. The molecule has 1 heterocycles. The lowest BCUT2D eigenvalue weighted by Crippen LogP contribution is -2.27. The number of carbonyl (C=O) groups is 1. The summed E-state index contributed by atoms with van der Waals surface area (Å²) in [5.74, 6) is 1.64. The van der Waals surface area contributed by atoms with E-state index in [1.54, 1.807) is 0 Å². The van der Waals surface area contributed by atoms with Gasteiger partial charge in [0.2, 0.25) is 5.91 Å². The maximum absolute atomic E-state index is 11.9. The van der Waals surface area contributed by atoms with E-state index >= 15 is 0 Å². The van der Waals surface area contributed by atoms with Crippen molar-refractivity contribution in [1.29, 1.82) is 0 Å². The van der Waals surface area contributed by atoms with Crippen LogP contribution < -0.4 is 10.1 Å². The molecule has 0 saturated carbocycles. The molecular formula is C21H32BrNO3. The molecule has 146 valence electrons. The van der Waals surface area contributed by atoms with Crippen LogP contribution in [0.15, 0.2) is 22.7 Å². The van der Waals surface area contributed by atoms with Gasteiger partial charge >= 0.3 is 0 Å². The molecule has 4 nitrogen and oxygen atoms in total. The fourth-order valence-electron chi connectivity index (χ4n) is 3.04. The second kappa shape index (κ2) is 10.3. The number of hydrogen-bond donors (Lipinski definition) is 1. The molecule has 1 aromatic carbocycles. The number of rotatable bonds is 8. The predicted octanol–water partition coefficient (Wildman–Crippen LogP) is 4.84. The van der Waals surface area contributed by atoms with Crippen LogP contribution in [0.4, 0.5) is 0 Å². The molecule has 1 aliphatic heterocycles. The summed E-state index contributed by atoms with van der Waals surface area (Å²) in [5, 5.41) is 3.02. The lowest BCUT2D eigenvalue weighted by molar-refractivity contribution is -0.121. The molecule has 5 heteroatoms. The third kappa shape index (κ3) is 7.28. The number of nitrogens with one attached hydrogen (secondary N) is 1. The normalized spacial score (nSPS) is 15.7. The number of hydrogen-bond acceptors (Lipinski definition) is 3. The summed E-state index contributed by atoms with van der Waals surface area (Å²) in [6, 6.07) is 6.21. The first-order valence-corrected chi connectivity index (χ1v) is 10.4. The minimum atomic E-state index is 0.114. The van der Waals surface area contributed by atoms with Crippen LogP contribution in [0.5, 0.6) is 5.75 Å². The highest BCUT2D eigenvalue weighted by molar-refractivity contribution is 9.10. The van der Waals surface area contributed by atoms with Crippen LogP contribution in [0, 0.1) is 5.92 Å². The topological polar surface area (TPSA) is 47.6 Å². The Morgan fingerprint density at radius 2 is 2.04 bits per heavy atom. The predicted molar refractivity (Wildman–Crippen MR) is 109 cm³/mol. The maximum Gasteiger partial charge on any atom is 0.220 e. The monoisotopic (exact) mass is 425 g/mol. The molecule has 1 amide bonds. The number of ether oxygens (including phenoxy) is 2. The van der Waals surface area contributed by atoms with E-state index in [1.807, 2.05) is 6.07 Å². The molecule has 0 aromatic heterocycles. The summed E-state index contributed by atoms with van der Waals surface area (Å²) in [7, 11) is 0. The summed E-state index contributed by atoms with van der Waals surface area (Å²) in [4.78, 5) is 11.9. The second-order valence-electron chi connectivity index (χ2n) is 8.04. The molecule has 26 heavy (non-hydrogen) atoms. The lowest BCUT2D eigenvalue weighted by Gasteiger charge is -2.21. The Morgan fingerprint density at radius 3 is 2.69 bits per heavy atom. The summed E-state index contributed by atoms with van der Waals surface area (Å²) in [6.45, 7) is 9.61. The van der Waals surface area contributed by atoms with Gasteiger partial charge in [-0.05, 0) is 70.6 Å². The Morgan fingerprint density at radius 1 is 1.31 bits per heavy atom. The molecule has 0 spiro atoms. The van der Waals surface area contributed by atoms with Crippen LogP contribution in [-0.2, 0) is 14.9 Å². The van der Waals surface area contributed by atoms with Gasteiger partial charge in [0.1, 0.15) is 5.75 Å². The Kier molecular flexibility index (Phi) is 8.42. The lowest BCUT2D eigenvalue weighted by atomic mass is 9.87. The van der Waals surface area contributed by atoms with E-state index in [2.05, 4.69) is 54.2 Å². The molecule has 0 radical (unpaired) electrons. The minimum Gasteiger partial charge on any atom is -0.492 e. The van der Waals surface area contributed by atoms with Gasteiger partial charge in [0.25, 0.3) is 0 Å². The number of benzene rings is 1. The minimum absolute atomic E-state index is 0.114. The van der Waals surface area contributed by atoms with Gasteiger partial charge in [0, 0.05) is 26.2 Å². The van der Waals surface area contributed by atoms with Gasteiger partial charge in [-0.1, -0.05) is 26.8 Å². The molecule has 1 fully saturated rings. The number of amides is 1. The van der Waals surface area contributed by atoms with Crippen LogP contribution in [-0.4, -0.2) is 32.3 Å². The van der Waals surface area contributed by atoms with Crippen molar-refractivity contribution in [3.63, 3.8) is 0 Å². The zero-order valence-corrected chi connectivity index (χ0v) is 17.9. The maximum atomic E-state index is 11.9. The fraction of sp³-hybridized carbons (Fsp3) is 0.667. The Labute approximate surface area is 166 Å². The van der Waals surface area contributed by atoms with Crippen LogP contribution in [0.2, 0.25) is 0 Å². The van der Waals surface area contributed by atoms with Crippen LogP contribution in [0.3, 0.4) is 0 Å². The Hall–Kier alpha value is -1.07. The van der Waals surface area contributed by atoms with Crippen molar-refractivity contribution >= 4 is 21.8 Å². The van der Waals surface area contributed by atoms with E-state index in [-0.39, 0.29) is 11.3 Å². The van der Waals surface area contributed by atoms with E-state index < -0.39 is 0 Å². The molecule has 1 N–H and O–H groups in total. The quantitative estimate of drug-likeness (QED) is 0.606. The first kappa shape index (κ1) is 21.2. The van der Waals surface area contributed by atoms with Crippen molar-refractivity contribution in [2.24, 2.45) is 5.92 Å². The van der Waals surface area contributed by atoms with Crippen LogP contribution in [0.1, 0.15) is 58.4 Å². The first-order chi connectivity index (χ1) is 12.4. The largest absolute Gasteiger partial charge is 0.492 e. The third-order valence-corrected chi connectivity index (χ3v) is 5.44. The van der Waals surface area contributed by atoms with Crippen molar-refractivity contribution in [1.82, 2.24) is 5.32 Å². The first-order valence-electron chi connectivity index (χ1n) is 9.63. The molecule has 0 atom stereocenters.